The van der Waals surface area contributed by atoms with Gasteiger partial charge in [-0.1, -0.05) is 19.1 Å². The van der Waals surface area contributed by atoms with Crippen LogP contribution in [0.1, 0.15) is 6.92 Å². The first-order valence-corrected chi connectivity index (χ1v) is 5.34. The van der Waals surface area contributed by atoms with Gasteiger partial charge in [-0.05, 0) is 5.92 Å². The lowest BCUT2D eigenvalue weighted by atomic mass is 9.82. The zero-order valence-corrected chi connectivity index (χ0v) is 9.67. The molecule has 4 unspecified atom stereocenters. The Kier molecular flexibility index (Phi) is 3.01. The Morgan fingerprint density at radius 2 is 2.12 bits per heavy atom. The summed E-state index contributed by atoms with van der Waals surface area (Å²) < 4.78 is 15.4. The molecule has 4 atom stereocenters. The van der Waals surface area contributed by atoms with E-state index in [2.05, 4.69) is 13.0 Å². The van der Waals surface area contributed by atoms with E-state index in [1.807, 2.05) is 6.08 Å². The molecule has 1 heterocycles. The van der Waals surface area contributed by atoms with Crippen molar-refractivity contribution in [2.45, 2.75) is 13.2 Å². The molecule has 0 bridgehead atoms. The summed E-state index contributed by atoms with van der Waals surface area (Å²) in [5.74, 6) is 0.205. The second-order valence-electron chi connectivity index (χ2n) is 4.15. The van der Waals surface area contributed by atoms with Crippen LogP contribution in [0.2, 0.25) is 0 Å². The number of methoxy groups -OCH3 is 2. The molecule has 0 saturated carbocycles. The lowest BCUT2D eigenvalue weighted by Gasteiger charge is -2.34. The van der Waals surface area contributed by atoms with E-state index in [-0.39, 0.29) is 24.1 Å². The Morgan fingerprint density at radius 1 is 1.38 bits per heavy atom. The first kappa shape index (κ1) is 11.2. The largest absolute Gasteiger partial charge is 0.472 e. The Hall–Kier alpha value is -1.29. The van der Waals surface area contributed by atoms with Gasteiger partial charge in [0.25, 0.3) is 0 Å². The zero-order valence-electron chi connectivity index (χ0n) is 9.67. The Morgan fingerprint density at radius 3 is 2.75 bits per heavy atom. The van der Waals surface area contributed by atoms with Crippen molar-refractivity contribution >= 4 is 5.97 Å². The number of fused-ring (bicyclic) bond motifs is 1. The van der Waals surface area contributed by atoms with Crippen molar-refractivity contribution in [3.63, 3.8) is 0 Å². The molecule has 0 spiro atoms. The SMILES string of the molecule is COC(=O)C1=COC(OC)C2C(C)C=CC12. The van der Waals surface area contributed by atoms with Gasteiger partial charge in [-0.25, -0.2) is 4.79 Å². The van der Waals surface area contributed by atoms with E-state index in [0.717, 1.165) is 0 Å². The number of carbonyl (C=O) groups excluding carboxylic acids is 1. The Labute approximate surface area is 94.9 Å². The molecule has 0 fully saturated rings. The molecule has 1 aliphatic heterocycles. The number of rotatable bonds is 2. The minimum absolute atomic E-state index is 0.0427. The third-order valence-electron chi connectivity index (χ3n) is 3.30. The van der Waals surface area contributed by atoms with Crippen molar-refractivity contribution in [2.75, 3.05) is 14.2 Å². The van der Waals surface area contributed by atoms with E-state index in [4.69, 9.17) is 14.2 Å². The van der Waals surface area contributed by atoms with Gasteiger partial charge in [-0.15, -0.1) is 0 Å². The lowest BCUT2D eigenvalue weighted by molar-refractivity contribution is -0.152. The van der Waals surface area contributed by atoms with Crippen molar-refractivity contribution in [2.24, 2.45) is 17.8 Å². The van der Waals surface area contributed by atoms with E-state index in [1.165, 1.54) is 13.4 Å². The monoisotopic (exact) mass is 224 g/mol. The van der Waals surface area contributed by atoms with Gasteiger partial charge in [0.2, 0.25) is 6.29 Å². The summed E-state index contributed by atoms with van der Waals surface area (Å²) in [5.41, 5.74) is 0.571. The summed E-state index contributed by atoms with van der Waals surface area (Å²) in [4.78, 5) is 11.6. The third-order valence-corrected chi connectivity index (χ3v) is 3.30. The summed E-state index contributed by atoms with van der Waals surface area (Å²) in [6.07, 6.45) is 5.30. The van der Waals surface area contributed by atoms with Crippen LogP contribution in [0, 0.1) is 17.8 Å². The van der Waals surface area contributed by atoms with Gasteiger partial charge in [0.1, 0.15) is 0 Å². The molecule has 0 radical (unpaired) electrons. The van der Waals surface area contributed by atoms with Crippen molar-refractivity contribution in [1.82, 2.24) is 0 Å². The molecule has 2 rings (SSSR count). The van der Waals surface area contributed by atoms with Gasteiger partial charge in [0.15, 0.2) is 0 Å². The second-order valence-corrected chi connectivity index (χ2v) is 4.15. The van der Waals surface area contributed by atoms with Gasteiger partial charge < -0.3 is 14.2 Å². The van der Waals surface area contributed by atoms with Crippen LogP contribution in [0.25, 0.3) is 0 Å². The van der Waals surface area contributed by atoms with Crippen molar-refractivity contribution < 1.29 is 19.0 Å². The molecule has 0 aromatic carbocycles. The maximum Gasteiger partial charge on any atom is 0.337 e. The number of esters is 1. The third kappa shape index (κ3) is 1.63. The molecular formula is C12H16O4. The average Bonchev–Trinajstić information content (AvgIpc) is 2.70. The minimum Gasteiger partial charge on any atom is -0.472 e. The summed E-state index contributed by atoms with van der Waals surface area (Å²) >= 11 is 0. The normalized spacial score (nSPS) is 36.3. The van der Waals surface area contributed by atoms with Crippen LogP contribution in [0.5, 0.6) is 0 Å². The highest BCUT2D eigenvalue weighted by molar-refractivity contribution is 5.89. The topological polar surface area (TPSA) is 44.8 Å². The van der Waals surface area contributed by atoms with Gasteiger partial charge in [-0.3, -0.25) is 0 Å². The van der Waals surface area contributed by atoms with E-state index in [0.29, 0.717) is 11.5 Å². The van der Waals surface area contributed by atoms with E-state index >= 15 is 0 Å². The van der Waals surface area contributed by atoms with Crippen molar-refractivity contribution in [1.29, 1.82) is 0 Å². The standard InChI is InChI=1S/C12H16O4/c1-7-4-5-8-9(11(13)14-2)6-16-12(15-3)10(7)8/h4-8,10,12H,1-3H3. The van der Waals surface area contributed by atoms with Crippen LogP contribution in [0.3, 0.4) is 0 Å². The van der Waals surface area contributed by atoms with Crippen LogP contribution in [-0.2, 0) is 19.0 Å². The van der Waals surface area contributed by atoms with Crippen molar-refractivity contribution in [3.8, 4) is 0 Å². The van der Waals surface area contributed by atoms with Gasteiger partial charge in [0.05, 0.1) is 18.9 Å². The molecule has 0 aromatic rings. The number of ether oxygens (including phenoxy) is 3. The summed E-state index contributed by atoms with van der Waals surface area (Å²) in [6.45, 7) is 2.09. The molecule has 0 aromatic heterocycles. The molecule has 0 saturated heterocycles. The molecule has 2 aliphatic rings. The van der Waals surface area contributed by atoms with E-state index in [1.54, 1.807) is 7.11 Å². The Bertz CT molecular complexity index is 345. The van der Waals surface area contributed by atoms with Crippen LogP contribution in [0.15, 0.2) is 24.0 Å². The molecule has 4 heteroatoms. The van der Waals surface area contributed by atoms with E-state index in [9.17, 15) is 4.79 Å². The van der Waals surface area contributed by atoms with Crippen LogP contribution in [-0.4, -0.2) is 26.5 Å². The molecule has 1 aliphatic carbocycles. The molecular weight excluding hydrogens is 208 g/mol. The lowest BCUT2D eigenvalue weighted by Crippen LogP contribution is -2.37. The first-order valence-electron chi connectivity index (χ1n) is 5.34. The Balaban J connectivity index is 2.28. The minimum atomic E-state index is -0.330. The highest BCUT2D eigenvalue weighted by atomic mass is 16.7. The second kappa shape index (κ2) is 4.29. The smallest absolute Gasteiger partial charge is 0.337 e. The number of hydrogen-bond acceptors (Lipinski definition) is 4. The number of hydrogen-bond donors (Lipinski definition) is 0. The predicted octanol–water partition coefficient (Wildman–Crippen LogP) is 1.48. The van der Waals surface area contributed by atoms with Crippen LogP contribution < -0.4 is 0 Å². The first-order chi connectivity index (χ1) is 7.69. The fourth-order valence-corrected chi connectivity index (χ4v) is 2.43. The molecule has 16 heavy (non-hydrogen) atoms. The summed E-state index contributed by atoms with van der Waals surface area (Å²) in [6, 6.07) is 0. The fraction of sp³-hybridized carbons (Fsp3) is 0.583. The fourth-order valence-electron chi connectivity index (χ4n) is 2.43. The van der Waals surface area contributed by atoms with Gasteiger partial charge >= 0.3 is 5.97 Å². The molecule has 4 nitrogen and oxygen atoms in total. The molecule has 0 amide bonds. The average molecular weight is 224 g/mol. The van der Waals surface area contributed by atoms with E-state index < -0.39 is 0 Å². The highest BCUT2D eigenvalue weighted by Crippen LogP contribution is 2.42. The summed E-state index contributed by atoms with van der Waals surface area (Å²) in [5, 5.41) is 0. The van der Waals surface area contributed by atoms with Crippen LogP contribution in [0.4, 0.5) is 0 Å². The van der Waals surface area contributed by atoms with Gasteiger partial charge in [0, 0.05) is 18.9 Å². The highest BCUT2D eigenvalue weighted by Gasteiger charge is 2.43. The predicted molar refractivity (Wildman–Crippen MR) is 57.3 cm³/mol. The van der Waals surface area contributed by atoms with Crippen LogP contribution >= 0.6 is 0 Å². The number of allylic oxidation sites excluding steroid dienone is 2. The number of carbonyl (C=O) groups is 1. The van der Waals surface area contributed by atoms with Crippen molar-refractivity contribution in [3.05, 3.63) is 24.0 Å². The zero-order chi connectivity index (χ0) is 11.7. The summed E-state index contributed by atoms with van der Waals surface area (Å²) in [7, 11) is 2.99. The van der Waals surface area contributed by atoms with Gasteiger partial charge in [-0.2, -0.15) is 0 Å². The molecule has 88 valence electrons. The quantitative estimate of drug-likeness (QED) is 0.526. The maximum atomic E-state index is 11.6. The molecule has 0 N–H and O–H groups in total. The maximum absolute atomic E-state index is 11.6.